The molecule has 1 aliphatic heterocycles. The maximum Gasteiger partial charge on any atom is 0.323 e. The third kappa shape index (κ3) is 4.26. The van der Waals surface area contributed by atoms with Gasteiger partial charge in [0.2, 0.25) is 0 Å². The van der Waals surface area contributed by atoms with Crippen LogP contribution in [0.25, 0.3) is 0 Å². The molecule has 0 aromatic heterocycles. The molecule has 2 aromatic rings. The van der Waals surface area contributed by atoms with Gasteiger partial charge in [-0.3, -0.25) is 0 Å². The quantitative estimate of drug-likeness (QED) is 0.910. The summed E-state index contributed by atoms with van der Waals surface area (Å²) in [7, 11) is 2.15. The Labute approximate surface area is 143 Å². The van der Waals surface area contributed by atoms with Crippen molar-refractivity contribution < 1.29 is 4.79 Å². The average molecular weight is 324 g/mol. The van der Waals surface area contributed by atoms with Crippen molar-refractivity contribution in [2.75, 3.05) is 48.8 Å². The third-order valence-corrected chi connectivity index (χ3v) is 4.27. The molecule has 3 rings (SSSR count). The van der Waals surface area contributed by atoms with Crippen molar-refractivity contribution in [3.63, 3.8) is 0 Å². The van der Waals surface area contributed by atoms with Crippen LogP contribution in [0.4, 0.5) is 21.9 Å². The van der Waals surface area contributed by atoms with Gasteiger partial charge >= 0.3 is 6.03 Å². The fourth-order valence-electron chi connectivity index (χ4n) is 2.84. The van der Waals surface area contributed by atoms with Crippen LogP contribution in [0.3, 0.4) is 0 Å². The largest absolute Gasteiger partial charge is 0.369 e. The summed E-state index contributed by atoms with van der Waals surface area (Å²) in [5.74, 6) is 0. The van der Waals surface area contributed by atoms with Crippen LogP contribution in [0.5, 0.6) is 0 Å². The van der Waals surface area contributed by atoms with Gasteiger partial charge in [-0.2, -0.15) is 0 Å². The lowest BCUT2D eigenvalue weighted by Gasteiger charge is -2.34. The molecule has 0 bridgehead atoms. The number of likely N-dealkylation sites (N-methyl/N-ethyl adjacent to an activating group) is 1. The van der Waals surface area contributed by atoms with E-state index < -0.39 is 0 Å². The maximum absolute atomic E-state index is 12.1. The molecule has 5 nitrogen and oxygen atoms in total. The van der Waals surface area contributed by atoms with E-state index >= 15 is 0 Å². The van der Waals surface area contributed by atoms with Crippen molar-refractivity contribution in [1.29, 1.82) is 0 Å². The lowest BCUT2D eigenvalue weighted by Crippen LogP contribution is -2.44. The highest BCUT2D eigenvalue weighted by atomic mass is 16.2. The number of amides is 2. The van der Waals surface area contributed by atoms with Crippen molar-refractivity contribution in [2.45, 2.75) is 6.92 Å². The van der Waals surface area contributed by atoms with Crippen LogP contribution in [0, 0.1) is 6.92 Å². The first-order chi connectivity index (χ1) is 11.6. The summed E-state index contributed by atoms with van der Waals surface area (Å²) < 4.78 is 0. The van der Waals surface area contributed by atoms with E-state index in [1.54, 1.807) is 0 Å². The number of anilines is 3. The summed E-state index contributed by atoms with van der Waals surface area (Å²) in [6, 6.07) is 15.5. The first-order valence-corrected chi connectivity index (χ1v) is 8.28. The van der Waals surface area contributed by atoms with Crippen molar-refractivity contribution in [3.05, 3.63) is 54.1 Å². The molecule has 0 atom stereocenters. The van der Waals surface area contributed by atoms with Gasteiger partial charge in [0.15, 0.2) is 0 Å². The van der Waals surface area contributed by atoms with Gasteiger partial charge < -0.3 is 20.4 Å². The zero-order valence-corrected chi connectivity index (χ0v) is 14.2. The van der Waals surface area contributed by atoms with E-state index in [9.17, 15) is 4.79 Å². The van der Waals surface area contributed by atoms with Crippen LogP contribution >= 0.6 is 0 Å². The molecule has 1 heterocycles. The van der Waals surface area contributed by atoms with E-state index in [1.165, 1.54) is 5.69 Å². The lowest BCUT2D eigenvalue weighted by atomic mass is 10.2. The zero-order chi connectivity index (χ0) is 16.9. The molecule has 2 aromatic carbocycles. The zero-order valence-electron chi connectivity index (χ0n) is 14.2. The minimum atomic E-state index is -0.229. The Balaban J connectivity index is 1.56. The number of nitrogens with zero attached hydrogens (tertiary/aromatic N) is 2. The SMILES string of the molecule is Cc1cccc(NC(=O)Nc2ccc(N3CCN(C)CC3)cc2)c1. The molecule has 0 spiro atoms. The van der Waals surface area contributed by atoms with Crippen LogP contribution < -0.4 is 15.5 Å². The van der Waals surface area contributed by atoms with Crippen LogP contribution in [-0.2, 0) is 0 Å². The highest BCUT2D eigenvalue weighted by molar-refractivity contribution is 5.99. The van der Waals surface area contributed by atoms with Gasteiger partial charge in [0.25, 0.3) is 0 Å². The molecule has 0 saturated carbocycles. The number of piperazine rings is 1. The molecule has 2 amide bonds. The van der Waals surface area contributed by atoms with Crippen molar-refractivity contribution in [1.82, 2.24) is 4.90 Å². The van der Waals surface area contributed by atoms with E-state index in [2.05, 4.69) is 39.6 Å². The number of rotatable bonds is 3. The second kappa shape index (κ2) is 7.36. The lowest BCUT2D eigenvalue weighted by molar-refractivity contribution is 0.262. The first kappa shape index (κ1) is 16.3. The maximum atomic E-state index is 12.1. The van der Waals surface area contributed by atoms with Crippen molar-refractivity contribution in [2.24, 2.45) is 0 Å². The highest BCUT2D eigenvalue weighted by Gasteiger charge is 2.14. The Hall–Kier alpha value is -2.53. The van der Waals surface area contributed by atoms with E-state index in [-0.39, 0.29) is 6.03 Å². The molecule has 24 heavy (non-hydrogen) atoms. The summed E-state index contributed by atoms with van der Waals surface area (Å²) in [5, 5.41) is 5.72. The van der Waals surface area contributed by atoms with Gasteiger partial charge in [0, 0.05) is 43.2 Å². The van der Waals surface area contributed by atoms with Crippen LogP contribution in [0.15, 0.2) is 48.5 Å². The fourth-order valence-corrected chi connectivity index (χ4v) is 2.84. The van der Waals surface area contributed by atoms with E-state index in [1.807, 2.05) is 43.3 Å². The van der Waals surface area contributed by atoms with E-state index in [4.69, 9.17) is 0 Å². The van der Waals surface area contributed by atoms with Crippen LogP contribution in [-0.4, -0.2) is 44.2 Å². The second-order valence-electron chi connectivity index (χ2n) is 6.29. The normalized spacial score (nSPS) is 15.2. The number of nitrogens with one attached hydrogen (secondary N) is 2. The Morgan fingerprint density at radius 3 is 2.25 bits per heavy atom. The smallest absolute Gasteiger partial charge is 0.323 e. The van der Waals surface area contributed by atoms with Crippen LogP contribution in [0.2, 0.25) is 0 Å². The minimum Gasteiger partial charge on any atom is -0.369 e. The molecule has 0 radical (unpaired) electrons. The number of hydrogen-bond donors (Lipinski definition) is 2. The van der Waals surface area contributed by atoms with Crippen molar-refractivity contribution >= 4 is 23.1 Å². The average Bonchev–Trinajstić information content (AvgIpc) is 2.56. The molecular weight excluding hydrogens is 300 g/mol. The molecule has 0 aliphatic carbocycles. The summed E-state index contributed by atoms with van der Waals surface area (Å²) in [6.45, 7) is 6.24. The van der Waals surface area contributed by atoms with Gasteiger partial charge in [-0.25, -0.2) is 4.79 Å². The van der Waals surface area contributed by atoms with Gasteiger partial charge in [-0.05, 0) is 55.9 Å². The Morgan fingerprint density at radius 2 is 1.58 bits per heavy atom. The fraction of sp³-hybridized carbons (Fsp3) is 0.316. The standard InChI is InChI=1S/C19H24N4O/c1-15-4-3-5-17(14-15)21-19(24)20-16-6-8-18(9-7-16)23-12-10-22(2)11-13-23/h3-9,14H,10-13H2,1-2H3,(H2,20,21,24). The summed E-state index contributed by atoms with van der Waals surface area (Å²) in [4.78, 5) is 16.8. The van der Waals surface area contributed by atoms with Crippen molar-refractivity contribution in [3.8, 4) is 0 Å². The Kier molecular flexibility index (Phi) is 5.01. The third-order valence-electron chi connectivity index (χ3n) is 4.27. The van der Waals surface area contributed by atoms with Gasteiger partial charge in [0.05, 0.1) is 0 Å². The molecule has 126 valence electrons. The molecule has 1 aliphatic rings. The number of urea groups is 1. The Bertz CT molecular complexity index is 691. The molecule has 0 unspecified atom stereocenters. The molecule has 1 fully saturated rings. The minimum absolute atomic E-state index is 0.229. The summed E-state index contributed by atoms with van der Waals surface area (Å²) >= 11 is 0. The van der Waals surface area contributed by atoms with Gasteiger partial charge in [0.1, 0.15) is 0 Å². The summed E-state index contributed by atoms with van der Waals surface area (Å²) in [6.07, 6.45) is 0. The van der Waals surface area contributed by atoms with Gasteiger partial charge in [-0.15, -0.1) is 0 Å². The highest BCUT2D eigenvalue weighted by Crippen LogP contribution is 2.19. The first-order valence-electron chi connectivity index (χ1n) is 8.28. The van der Waals surface area contributed by atoms with E-state index in [0.717, 1.165) is 43.1 Å². The summed E-state index contributed by atoms with van der Waals surface area (Å²) in [5.41, 5.74) is 3.90. The molecule has 2 N–H and O–H groups in total. The molecule has 5 heteroatoms. The Morgan fingerprint density at radius 1 is 0.917 bits per heavy atom. The number of benzene rings is 2. The van der Waals surface area contributed by atoms with Gasteiger partial charge in [-0.1, -0.05) is 12.1 Å². The number of carbonyl (C=O) groups excluding carboxylic acids is 1. The molecule has 1 saturated heterocycles. The second-order valence-corrected chi connectivity index (χ2v) is 6.29. The number of carbonyl (C=O) groups is 1. The molecular formula is C19H24N4O. The predicted molar refractivity (Wildman–Crippen MR) is 100.0 cm³/mol. The monoisotopic (exact) mass is 324 g/mol. The topological polar surface area (TPSA) is 47.6 Å². The predicted octanol–water partition coefficient (Wildman–Crippen LogP) is 3.39. The van der Waals surface area contributed by atoms with Crippen LogP contribution in [0.1, 0.15) is 5.56 Å². The number of hydrogen-bond acceptors (Lipinski definition) is 3. The van der Waals surface area contributed by atoms with E-state index in [0.29, 0.717) is 0 Å². The number of aryl methyl sites for hydroxylation is 1.